The lowest BCUT2D eigenvalue weighted by Crippen LogP contribution is -2.68. The molecule has 4 fully saturated rings. The molecule has 0 aromatic rings. The lowest BCUT2D eigenvalue weighted by Gasteiger charge is -2.55. The average molecular weight is 363 g/mol. The number of amides is 1. The van der Waals surface area contributed by atoms with Crippen molar-refractivity contribution in [3.63, 3.8) is 0 Å². The molecule has 6 atom stereocenters. The summed E-state index contributed by atoms with van der Waals surface area (Å²) in [6.07, 6.45) is 6.79. The SMILES string of the molecule is CN(C)C(=O)CN=C(NC1CC2CCC1C2)NC1C2CCOC2C1(C)C. The average Bonchev–Trinajstić information content (AvgIpc) is 3.31. The van der Waals surface area contributed by atoms with E-state index in [1.54, 1.807) is 19.0 Å². The van der Waals surface area contributed by atoms with Crippen LogP contribution in [0.1, 0.15) is 46.0 Å². The molecule has 6 unspecified atom stereocenters. The van der Waals surface area contributed by atoms with Gasteiger partial charge in [0, 0.05) is 44.1 Å². The largest absolute Gasteiger partial charge is 0.377 e. The van der Waals surface area contributed by atoms with Gasteiger partial charge in [-0.2, -0.15) is 0 Å². The number of aliphatic imine (C=N–C) groups is 1. The lowest BCUT2D eigenvalue weighted by atomic mass is 9.57. The number of guanidine groups is 1. The Hall–Kier alpha value is -1.30. The molecule has 0 radical (unpaired) electrons. The second-order valence-corrected chi connectivity index (χ2v) is 9.57. The normalized spacial score (nSPS) is 40.1. The van der Waals surface area contributed by atoms with Gasteiger partial charge in [0.05, 0.1) is 6.10 Å². The number of nitrogens with one attached hydrogen (secondary N) is 2. The first-order valence-corrected chi connectivity index (χ1v) is 10.3. The molecule has 0 aromatic heterocycles. The number of hydrogen-bond donors (Lipinski definition) is 2. The Morgan fingerprint density at radius 3 is 2.65 bits per heavy atom. The molecule has 0 spiro atoms. The van der Waals surface area contributed by atoms with E-state index in [0.717, 1.165) is 30.8 Å². The smallest absolute Gasteiger partial charge is 0.243 e. The number of ether oxygens (including phenoxy) is 1. The molecule has 0 aromatic carbocycles. The van der Waals surface area contributed by atoms with E-state index in [-0.39, 0.29) is 17.9 Å². The predicted octanol–water partition coefficient (Wildman–Crippen LogP) is 1.61. The number of nitrogens with zero attached hydrogens (tertiary/aromatic N) is 2. The standard InChI is InChI=1S/C20H34N4O2/c1-20(2)17(14-7-8-26-18(14)20)23-19(21-11-16(25)24(3)4)22-15-10-12-5-6-13(15)9-12/h12-15,17-18H,5-11H2,1-4H3,(H2,21,22,23). The number of fused-ring (bicyclic) bond motifs is 3. The Morgan fingerprint density at radius 2 is 2.00 bits per heavy atom. The number of carbonyl (C=O) groups excluding carboxylic acids is 1. The molecular formula is C20H34N4O2. The molecular weight excluding hydrogens is 328 g/mol. The Balaban J connectivity index is 1.45. The molecule has 146 valence electrons. The summed E-state index contributed by atoms with van der Waals surface area (Å²) >= 11 is 0. The van der Waals surface area contributed by atoms with E-state index in [1.807, 2.05) is 0 Å². The first-order valence-electron chi connectivity index (χ1n) is 10.3. The second-order valence-electron chi connectivity index (χ2n) is 9.57. The highest BCUT2D eigenvalue weighted by atomic mass is 16.5. The maximum absolute atomic E-state index is 12.0. The predicted molar refractivity (Wildman–Crippen MR) is 102 cm³/mol. The van der Waals surface area contributed by atoms with E-state index in [2.05, 4.69) is 29.5 Å². The lowest BCUT2D eigenvalue weighted by molar-refractivity contribution is -0.127. The summed E-state index contributed by atoms with van der Waals surface area (Å²) in [4.78, 5) is 18.3. The highest BCUT2D eigenvalue weighted by Crippen LogP contribution is 2.52. The molecule has 6 nitrogen and oxygen atoms in total. The number of carbonyl (C=O) groups is 1. The number of likely N-dealkylation sites (N-methyl/N-ethyl adjacent to an activating group) is 1. The highest BCUT2D eigenvalue weighted by Gasteiger charge is 2.59. The van der Waals surface area contributed by atoms with Gasteiger partial charge in [-0.15, -0.1) is 0 Å². The summed E-state index contributed by atoms with van der Waals surface area (Å²) in [5.74, 6) is 3.07. The fraction of sp³-hybridized carbons (Fsp3) is 0.900. The molecule has 4 aliphatic rings. The molecule has 4 rings (SSSR count). The van der Waals surface area contributed by atoms with Crippen LogP contribution >= 0.6 is 0 Å². The van der Waals surface area contributed by atoms with Crippen LogP contribution in [-0.2, 0) is 9.53 Å². The minimum Gasteiger partial charge on any atom is -0.377 e. The fourth-order valence-corrected chi connectivity index (χ4v) is 5.78. The van der Waals surface area contributed by atoms with E-state index in [1.165, 1.54) is 25.7 Å². The zero-order chi connectivity index (χ0) is 18.5. The van der Waals surface area contributed by atoms with Gasteiger partial charge in [0.2, 0.25) is 5.91 Å². The van der Waals surface area contributed by atoms with Gasteiger partial charge in [-0.3, -0.25) is 4.79 Å². The highest BCUT2D eigenvalue weighted by molar-refractivity contribution is 5.85. The zero-order valence-corrected chi connectivity index (χ0v) is 16.6. The van der Waals surface area contributed by atoms with Crippen molar-refractivity contribution >= 4 is 11.9 Å². The van der Waals surface area contributed by atoms with Gasteiger partial charge in [-0.1, -0.05) is 20.3 Å². The maximum Gasteiger partial charge on any atom is 0.243 e. The molecule has 6 heteroatoms. The summed E-state index contributed by atoms with van der Waals surface area (Å²) < 4.78 is 5.92. The van der Waals surface area contributed by atoms with Gasteiger partial charge in [-0.25, -0.2) is 4.99 Å². The van der Waals surface area contributed by atoms with Crippen molar-refractivity contribution in [3.8, 4) is 0 Å². The Morgan fingerprint density at radius 1 is 1.19 bits per heavy atom. The van der Waals surface area contributed by atoms with Crippen molar-refractivity contribution in [2.24, 2.45) is 28.2 Å². The van der Waals surface area contributed by atoms with Crippen LogP contribution in [0.4, 0.5) is 0 Å². The molecule has 1 heterocycles. The first kappa shape index (κ1) is 18.1. The van der Waals surface area contributed by atoms with Crippen molar-refractivity contribution in [1.82, 2.24) is 15.5 Å². The van der Waals surface area contributed by atoms with Crippen LogP contribution in [0.3, 0.4) is 0 Å². The van der Waals surface area contributed by atoms with Crippen LogP contribution < -0.4 is 10.6 Å². The molecule has 1 saturated heterocycles. The van der Waals surface area contributed by atoms with E-state index in [9.17, 15) is 4.79 Å². The van der Waals surface area contributed by atoms with Crippen molar-refractivity contribution in [2.45, 2.75) is 64.1 Å². The van der Waals surface area contributed by atoms with Gasteiger partial charge in [0.25, 0.3) is 0 Å². The van der Waals surface area contributed by atoms with E-state index in [4.69, 9.17) is 4.74 Å². The number of hydrogen-bond acceptors (Lipinski definition) is 3. The van der Waals surface area contributed by atoms with Crippen molar-refractivity contribution in [1.29, 1.82) is 0 Å². The zero-order valence-electron chi connectivity index (χ0n) is 16.6. The molecule has 2 N–H and O–H groups in total. The quantitative estimate of drug-likeness (QED) is 0.589. The monoisotopic (exact) mass is 362 g/mol. The van der Waals surface area contributed by atoms with Crippen LogP contribution in [0.5, 0.6) is 0 Å². The molecule has 3 aliphatic carbocycles. The summed E-state index contributed by atoms with van der Waals surface area (Å²) in [5, 5.41) is 7.37. The summed E-state index contributed by atoms with van der Waals surface area (Å²) in [5.41, 5.74) is 0.101. The van der Waals surface area contributed by atoms with Gasteiger partial charge in [0.1, 0.15) is 6.54 Å². The minimum atomic E-state index is 0.0361. The van der Waals surface area contributed by atoms with E-state index in [0.29, 0.717) is 24.1 Å². The topological polar surface area (TPSA) is 66.0 Å². The van der Waals surface area contributed by atoms with Gasteiger partial charge >= 0.3 is 0 Å². The molecule has 26 heavy (non-hydrogen) atoms. The van der Waals surface area contributed by atoms with E-state index < -0.39 is 0 Å². The third-order valence-electron chi connectivity index (χ3n) is 7.32. The second kappa shape index (κ2) is 6.70. The molecule has 3 saturated carbocycles. The van der Waals surface area contributed by atoms with Gasteiger partial charge in [0.15, 0.2) is 5.96 Å². The van der Waals surface area contributed by atoms with Crippen LogP contribution in [0.25, 0.3) is 0 Å². The summed E-state index contributed by atoms with van der Waals surface area (Å²) in [6.45, 7) is 5.61. The van der Waals surface area contributed by atoms with Crippen LogP contribution in [0, 0.1) is 23.2 Å². The first-order chi connectivity index (χ1) is 12.4. The van der Waals surface area contributed by atoms with Crippen LogP contribution in [0.15, 0.2) is 4.99 Å². The Kier molecular flexibility index (Phi) is 4.66. The van der Waals surface area contributed by atoms with Crippen molar-refractivity contribution in [2.75, 3.05) is 27.2 Å². The van der Waals surface area contributed by atoms with Gasteiger partial charge in [-0.05, 0) is 37.5 Å². The van der Waals surface area contributed by atoms with E-state index >= 15 is 0 Å². The molecule has 1 amide bonds. The van der Waals surface area contributed by atoms with Crippen LogP contribution in [-0.4, -0.2) is 62.2 Å². The summed E-state index contributed by atoms with van der Waals surface area (Å²) in [6, 6.07) is 0.863. The number of rotatable bonds is 4. The van der Waals surface area contributed by atoms with Crippen LogP contribution in [0.2, 0.25) is 0 Å². The maximum atomic E-state index is 12.0. The molecule has 1 aliphatic heterocycles. The Labute approximate surface area is 157 Å². The Bertz CT molecular complexity index is 588. The van der Waals surface area contributed by atoms with Crippen molar-refractivity contribution in [3.05, 3.63) is 0 Å². The summed E-state index contributed by atoms with van der Waals surface area (Å²) in [7, 11) is 3.56. The fourth-order valence-electron chi connectivity index (χ4n) is 5.78. The van der Waals surface area contributed by atoms with Gasteiger partial charge < -0.3 is 20.3 Å². The minimum absolute atomic E-state index is 0.0361. The third-order valence-corrected chi connectivity index (χ3v) is 7.32. The third kappa shape index (κ3) is 3.10. The molecule has 2 bridgehead atoms. The van der Waals surface area contributed by atoms with Crippen molar-refractivity contribution < 1.29 is 9.53 Å².